The van der Waals surface area contributed by atoms with Crippen LogP contribution in [-0.4, -0.2) is 30.7 Å². The van der Waals surface area contributed by atoms with Crippen LogP contribution in [0.2, 0.25) is 0 Å². The zero-order chi connectivity index (χ0) is 19.7. The van der Waals surface area contributed by atoms with Crippen LogP contribution in [-0.2, 0) is 26.1 Å². The maximum absolute atomic E-state index is 12.5. The van der Waals surface area contributed by atoms with Crippen LogP contribution in [0.15, 0.2) is 54.6 Å². The molecule has 0 saturated heterocycles. The number of rotatable bonds is 5. The highest BCUT2D eigenvalue weighted by Gasteiger charge is 2.33. The first-order chi connectivity index (χ1) is 13.4. The van der Waals surface area contributed by atoms with Gasteiger partial charge >= 0.3 is 0 Å². The summed E-state index contributed by atoms with van der Waals surface area (Å²) in [4.78, 5) is 12.5. The summed E-state index contributed by atoms with van der Waals surface area (Å²) in [5.74, 6) is 0.333. The number of para-hydroxylation sites is 1. The van der Waals surface area contributed by atoms with E-state index in [1.807, 2.05) is 55.5 Å². The fourth-order valence-corrected chi connectivity index (χ4v) is 4.64. The van der Waals surface area contributed by atoms with Crippen LogP contribution in [0.3, 0.4) is 0 Å². The first-order valence-corrected chi connectivity index (χ1v) is 10.6. The van der Waals surface area contributed by atoms with Crippen molar-refractivity contribution in [1.29, 1.82) is 0 Å². The predicted molar refractivity (Wildman–Crippen MR) is 105 cm³/mol. The lowest BCUT2D eigenvalue weighted by atomic mass is 10.2. The largest absolute Gasteiger partial charge is 0.484 e. The molecule has 1 amide bonds. The third-order valence-electron chi connectivity index (χ3n) is 4.41. The van der Waals surface area contributed by atoms with E-state index in [4.69, 9.17) is 4.74 Å². The molecule has 8 heteroatoms. The SMILES string of the molecule is Cc1cccc(OCC(=O)Nc2c3c(nn2-c2ccccc2)CS(=O)(=O)C3)c1. The number of carbonyl (C=O) groups excluding carboxylic acids is 1. The van der Waals surface area contributed by atoms with Gasteiger partial charge < -0.3 is 10.1 Å². The molecule has 4 rings (SSSR count). The van der Waals surface area contributed by atoms with Gasteiger partial charge in [0.25, 0.3) is 5.91 Å². The number of fused-ring (bicyclic) bond motifs is 1. The van der Waals surface area contributed by atoms with Crippen molar-refractivity contribution in [1.82, 2.24) is 9.78 Å². The summed E-state index contributed by atoms with van der Waals surface area (Å²) >= 11 is 0. The molecule has 3 aromatic rings. The summed E-state index contributed by atoms with van der Waals surface area (Å²) in [7, 11) is -3.24. The quantitative estimate of drug-likeness (QED) is 0.715. The second kappa shape index (κ2) is 7.12. The predicted octanol–water partition coefficient (Wildman–Crippen LogP) is 2.63. The second-order valence-electron chi connectivity index (χ2n) is 6.71. The van der Waals surface area contributed by atoms with Gasteiger partial charge in [-0.1, -0.05) is 30.3 Å². The molecule has 2 heterocycles. The third kappa shape index (κ3) is 3.77. The maximum atomic E-state index is 12.5. The molecule has 0 atom stereocenters. The molecule has 144 valence electrons. The summed E-state index contributed by atoms with van der Waals surface area (Å²) in [5.41, 5.74) is 2.78. The number of nitrogens with one attached hydrogen (secondary N) is 1. The van der Waals surface area contributed by atoms with E-state index < -0.39 is 9.84 Å². The van der Waals surface area contributed by atoms with E-state index in [-0.39, 0.29) is 24.0 Å². The number of anilines is 1. The summed E-state index contributed by atoms with van der Waals surface area (Å²) in [6.45, 7) is 1.75. The highest BCUT2D eigenvalue weighted by Crippen LogP contribution is 2.32. The average molecular weight is 397 g/mol. The molecule has 1 aliphatic rings. The fraction of sp³-hybridized carbons (Fsp3) is 0.200. The van der Waals surface area contributed by atoms with Crippen LogP contribution >= 0.6 is 0 Å². The molecule has 0 radical (unpaired) electrons. The van der Waals surface area contributed by atoms with Crippen LogP contribution in [0.4, 0.5) is 5.82 Å². The van der Waals surface area contributed by atoms with Crippen molar-refractivity contribution < 1.29 is 17.9 Å². The van der Waals surface area contributed by atoms with Crippen LogP contribution in [0.5, 0.6) is 5.75 Å². The lowest BCUT2D eigenvalue weighted by molar-refractivity contribution is -0.118. The number of nitrogens with zero attached hydrogens (tertiary/aromatic N) is 2. The number of hydrogen-bond donors (Lipinski definition) is 1. The Hall–Kier alpha value is -3.13. The summed E-state index contributed by atoms with van der Waals surface area (Å²) < 4.78 is 31.1. The Morgan fingerprint density at radius 2 is 1.93 bits per heavy atom. The maximum Gasteiger partial charge on any atom is 0.263 e. The molecule has 1 aliphatic heterocycles. The van der Waals surface area contributed by atoms with Crippen LogP contribution < -0.4 is 10.1 Å². The lowest BCUT2D eigenvalue weighted by Gasteiger charge is -2.12. The average Bonchev–Trinajstić information content (AvgIpc) is 3.13. The first-order valence-electron chi connectivity index (χ1n) is 8.77. The Morgan fingerprint density at radius 1 is 1.14 bits per heavy atom. The van der Waals surface area contributed by atoms with Crippen molar-refractivity contribution in [2.45, 2.75) is 18.4 Å². The van der Waals surface area contributed by atoms with E-state index in [2.05, 4.69) is 10.4 Å². The summed E-state index contributed by atoms with van der Waals surface area (Å²) in [5, 5.41) is 7.21. The number of benzene rings is 2. The van der Waals surface area contributed by atoms with Gasteiger partial charge in [-0.05, 0) is 36.8 Å². The Morgan fingerprint density at radius 3 is 2.68 bits per heavy atom. The van der Waals surface area contributed by atoms with E-state index in [1.54, 1.807) is 10.7 Å². The normalized spacial score (nSPS) is 14.5. The molecule has 0 aliphatic carbocycles. The van der Waals surface area contributed by atoms with E-state index in [0.717, 1.165) is 11.3 Å². The fourth-order valence-electron chi connectivity index (χ4n) is 3.15. The van der Waals surface area contributed by atoms with Crippen molar-refractivity contribution in [3.63, 3.8) is 0 Å². The minimum atomic E-state index is -3.24. The Bertz CT molecular complexity index is 1140. The zero-order valence-electron chi connectivity index (χ0n) is 15.3. The Labute approximate surface area is 162 Å². The van der Waals surface area contributed by atoms with Gasteiger partial charge in [0.1, 0.15) is 11.6 Å². The second-order valence-corrected chi connectivity index (χ2v) is 8.77. The zero-order valence-corrected chi connectivity index (χ0v) is 16.1. The lowest BCUT2D eigenvalue weighted by Crippen LogP contribution is -2.22. The molecule has 2 aromatic carbocycles. The van der Waals surface area contributed by atoms with E-state index in [0.29, 0.717) is 22.8 Å². The van der Waals surface area contributed by atoms with E-state index in [1.165, 1.54) is 0 Å². The standard InChI is InChI=1S/C20H19N3O4S/c1-14-6-5-9-16(10-14)27-11-19(24)21-20-17-12-28(25,26)13-18(17)22-23(20)15-7-3-2-4-8-15/h2-10H,11-13H2,1H3,(H,21,24). The minimum absolute atomic E-state index is 0.120. The third-order valence-corrected chi connectivity index (χ3v) is 5.85. The van der Waals surface area contributed by atoms with Crippen LogP contribution in [0.25, 0.3) is 5.69 Å². The van der Waals surface area contributed by atoms with Crippen molar-refractivity contribution in [3.8, 4) is 11.4 Å². The monoisotopic (exact) mass is 397 g/mol. The topological polar surface area (TPSA) is 90.3 Å². The van der Waals surface area contributed by atoms with E-state index in [9.17, 15) is 13.2 Å². The minimum Gasteiger partial charge on any atom is -0.484 e. The smallest absolute Gasteiger partial charge is 0.263 e. The van der Waals surface area contributed by atoms with Gasteiger partial charge in [-0.3, -0.25) is 4.79 Å². The van der Waals surface area contributed by atoms with Crippen LogP contribution in [0, 0.1) is 6.92 Å². The van der Waals surface area contributed by atoms with Gasteiger partial charge in [0.2, 0.25) is 0 Å². The molecule has 1 aromatic heterocycles. The number of hydrogen-bond acceptors (Lipinski definition) is 5. The van der Waals surface area contributed by atoms with Crippen molar-refractivity contribution in [2.24, 2.45) is 0 Å². The van der Waals surface area contributed by atoms with E-state index >= 15 is 0 Å². The molecule has 0 fully saturated rings. The van der Waals surface area contributed by atoms with Gasteiger partial charge in [0.05, 0.1) is 22.9 Å². The van der Waals surface area contributed by atoms with Gasteiger partial charge in [0.15, 0.2) is 16.4 Å². The molecule has 0 saturated carbocycles. The van der Waals surface area contributed by atoms with Gasteiger partial charge in [0, 0.05) is 5.56 Å². The number of ether oxygens (including phenoxy) is 1. The molecule has 28 heavy (non-hydrogen) atoms. The van der Waals surface area contributed by atoms with Crippen molar-refractivity contribution >= 4 is 21.6 Å². The van der Waals surface area contributed by atoms with Crippen LogP contribution in [0.1, 0.15) is 16.8 Å². The highest BCUT2D eigenvalue weighted by molar-refractivity contribution is 7.90. The number of aryl methyl sites for hydroxylation is 1. The first kappa shape index (κ1) is 18.2. The van der Waals surface area contributed by atoms with Gasteiger partial charge in [-0.15, -0.1) is 0 Å². The molecule has 0 bridgehead atoms. The molecular weight excluding hydrogens is 378 g/mol. The summed E-state index contributed by atoms with van der Waals surface area (Å²) in [6, 6.07) is 16.7. The molecule has 7 nitrogen and oxygen atoms in total. The van der Waals surface area contributed by atoms with Gasteiger partial charge in [-0.25, -0.2) is 13.1 Å². The highest BCUT2D eigenvalue weighted by atomic mass is 32.2. The molecule has 1 N–H and O–H groups in total. The number of aromatic nitrogens is 2. The number of sulfone groups is 1. The van der Waals surface area contributed by atoms with Crippen molar-refractivity contribution in [2.75, 3.05) is 11.9 Å². The molecule has 0 unspecified atom stereocenters. The molecular formula is C20H19N3O4S. The number of carbonyl (C=O) groups is 1. The number of amides is 1. The Balaban J connectivity index is 1.58. The van der Waals surface area contributed by atoms with Gasteiger partial charge in [-0.2, -0.15) is 5.10 Å². The molecule has 0 spiro atoms. The van der Waals surface area contributed by atoms with Crippen molar-refractivity contribution in [3.05, 3.63) is 71.4 Å². The summed E-state index contributed by atoms with van der Waals surface area (Å²) in [6.07, 6.45) is 0. The Kier molecular flexibility index (Phi) is 4.64.